The Hall–Kier alpha value is -2.19. The standard InChI is InChI=1S/C10H18N6O3/c1-4-5-10(3,8(17)18)12-9(19)11-6(2)7-13-15-16-14-7/h6H,4-5H2,1-3H3,(H,17,18)(H2,11,12,19)(H,13,14,15,16). The molecule has 1 rings (SSSR count). The lowest BCUT2D eigenvalue weighted by molar-refractivity contribution is -0.144. The average Bonchev–Trinajstić information content (AvgIpc) is 2.81. The summed E-state index contributed by atoms with van der Waals surface area (Å²) in [4.78, 5) is 23.0. The fraction of sp³-hybridized carbons (Fsp3) is 0.700. The van der Waals surface area contributed by atoms with Gasteiger partial charge in [-0.3, -0.25) is 0 Å². The maximum atomic E-state index is 11.8. The van der Waals surface area contributed by atoms with Gasteiger partial charge >= 0.3 is 12.0 Å². The second-order valence-electron chi connectivity index (χ2n) is 4.48. The summed E-state index contributed by atoms with van der Waals surface area (Å²) in [5.41, 5.74) is -1.30. The second-order valence-corrected chi connectivity index (χ2v) is 4.48. The number of carbonyl (C=O) groups is 2. The van der Waals surface area contributed by atoms with Crippen LogP contribution in [-0.4, -0.2) is 43.3 Å². The number of hydrogen-bond donors (Lipinski definition) is 4. The van der Waals surface area contributed by atoms with Crippen LogP contribution in [0.2, 0.25) is 0 Å². The van der Waals surface area contributed by atoms with E-state index in [4.69, 9.17) is 5.11 Å². The molecular formula is C10H18N6O3. The summed E-state index contributed by atoms with van der Waals surface area (Å²) in [5.74, 6) is -0.751. The summed E-state index contributed by atoms with van der Waals surface area (Å²) in [6.45, 7) is 4.99. The van der Waals surface area contributed by atoms with Gasteiger partial charge in [0.15, 0.2) is 5.82 Å². The third-order valence-corrected chi connectivity index (χ3v) is 2.71. The van der Waals surface area contributed by atoms with Crippen LogP contribution in [0.4, 0.5) is 4.79 Å². The Morgan fingerprint density at radius 2 is 2.21 bits per heavy atom. The van der Waals surface area contributed by atoms with Crippen molar-refractivity contribution in [2.45, 2.75) is 45.2 Å². The molecule has 0 aromatic carbocycles. The first-order chi connectivity index (χ1) is 8.89. The van der Waals surface area contributed by atoms with Crippen LogP contribution in [0.5, 0.6) is 0 Å². The van der Waals surface area contributed by atoms with Gasteiger partial charge in [-0.25, -0.2) is 9.59 Å². The molecule has 0 saturated carbocycles. The highest BCUT2D eigenvalue weighted by Crippen LogP contribution is 2.13. The minimum absolute atomic E-state index is 0.322. The van der Waals surface area contributed by atoms with Crippen LogP contribution in [0.25, 0.3) is 0 Å². The van der Waals surface area contributed by atoms with Crippen LogP contribution in [0.15, 0.2) is 0 Å². The molecule has 0 radical (unpaired) electrons. The first-order valence-electron chi connectivity index (χ1n) is 5.94. The van der Waals surface area contributed by atoms with Crippen molar-refractivity contribution in [2.24, 2.45) is 0 Å². The highest BCUT2D eigenvalue weighted by molar-refractivity contribution is 5.85. The maximum absolute atomic E-state index is 11.8. The molecule has 0 spiro atoms. The number of rotatable bonds is 6. The van der Waals surface area contributed by atoms with Crippen LogP contribution in [0.3, 0.4) is 0 Å². The van der Waals surface area contributed by atoms with Crippen molar-refractivity contribution in [3.63, 3.8) is 0 Å². The zero-order valence-corrected chi connectivity index (χ0v) is 11.1. The number of aromatic nitrogens is 4. The number of nitrogens with one attached hydrogen (secondary N) is 3. The van der Waals surface area contributed by atoms with Gasteiger partial charge in [-0.15, -0.1) is 10.2 Å². The molecule has 19 heavy (non-hydrogen) atoms. The van der Waals surface area contributed by atoms with Crippen LogP contribution < -0.4 is 10.6 Å². The van der Waals surface area contributed by atoms with Crippen molar-refractivity contribution in [1.29, 1.82) is 0 Å². The van der Waals surface area contributed by atoms with E-state index in [2.05, 4.69) is 31.3 Å². The number of carboxylic acids is 1. The van der Waals surface area contributed by atoms with Crippen LogP contribution in [-0.2, 0) is 4.79 Å². The minimum Gasteiger partial charge on any atom is -0.480 e. The number of hydrogen-bond acceptors (Lipinski definition) is 5. The molecule has 0 aliphatic carbocycles. The van der Waals surface area contributed by atoms with E-state index < -0.39 is 23.6 Å². The first-order valence-corrected chi connectivity index (χ1v) is 5.94. The Labute approximate surface area is 110 Å². The molecule has 0 fully saturated rings. The second kappa shape index (κ2) is 6.12. The molecule has 1 heterocycles. The monoisotopic (exact) mass is 270 g/mol. The predicted molar refractivity (Wildman–Crippen MR) is 65.2 cm³/mol. The molecule has 106 valence electrons. The number of carbonyl (C=O) groups excluding carboxylic acids is 1. The molecule has 0 aliphatic rings. The zero-order valence-electron chi connectivity index (χ0n) is 11.1. The van der Waals surface area contributed by atoms with Gasteiger partial charge in [0.2, 0.25) is 0 Å². The molecule has 9 heteroatoms. The van der Waals surface area contributed by atoms with Gasteiger partial charge in [0.25, 0.3) is 0 Å². The summed E-state index contributed by atoms with van der Waals surface area (Å²) < 4.78 is 0. The molecule has 1 aromatic heterocycles. The third-order valence-electron chi connectivity index (χ3n) is 2.71. The molecule has 2 amide bonds. The lowest BCUT2D eigenvalue weighted by Gasteiger charge is -2.26. The SMILES string of the molecule is CCCC(C)(NC(=O)NC(C)c1nn[nH]n1)C(=O)O. The van der Waals surface area contributed by atoms with Crippen molar-refractivity contribution in [2.75, 3.05) is 0 Å². The van der Waals surface area contributed by atoms with Crippen molar-refractivity contribution in [1.82, 2.24) is 31.3 Å². The molecule has 9 nitrogen and oxygen atoms in total. The van der Waals surface area contributed by atoms with Crippen molar-refractivity contribution < 1.29 is 14.7 Å². The van der Waals surface area contributed by atoms with E-state index in [1.54, 1.807) is 6.92 Å². The van der Waals surface area contributed by atoms with E-state index in [-0.39, 0.29) is 0 Å². The van der Waals surface area contributed by atoms with E-state index >= 15 is 0 Å². The lowest BCUT2D eigenvalue weighted by Crippen LogP contribution is -2.55. The smallest absolute Gasteiger partial charge is 0.329 e. The molecule has 2 atom stereocenters. The fourth-order valence-corrected chi connectivity index (χ4v) is 1.62. The Bertz CT molecular complexity index is 434. The number of carboxylic acid groups (broad SMARTS) is 1. The number of H-pyrrole nitrogens is 1. The first kappa shape index (κ1) is 14.9. The highest BCUT2D eigenvalue weighted by Gasteiger charge is 2.34. The van der Waals surface area contributed by atoms with E-state index in [0.29, 0.717) is 18.7 Å². The predicted octanol–water partition coefficient (Wildman–Crippen LogP) is 0.203. The van der Waals surface area contributed by atoms with Gasteiger partial charge in [-0.1, -0.05) is 18.6 Å². The minimum atomic E-state index is -1.30. The van der Waals surface area contributed by atoms with E-state index in [1.807, 2.05) is 6.92 Å². The molecule has 2 unspecified atom stereocenters. The summed E-state index contributed by atoms with van der Waals surface area (Å²) in [6, 6.07) is -1.06. The number of amides is 2. The summed E-state index contributed by atoms with van der Waals surface area (Å²) in [5, 5.41) is 27.3. The Morgan fingerprint density at radius 3 is 2.68 bits per heavy atom. The lowest BCUT2D eigenvalue weighted by atomic mass is 9.97. The quantitative estimate of drug-likeness (QED) is 0.583. The maximum Gasteiger partial charge on any atom is 0.329 e. The van der Waals surface area contributed by atoms with Crippen molar-refractivity contribution in [3.05, 3.63) is 5.82 Å². The zero-order chi connectivity index (χ0) is 14.5. The highest BCUT2D eigenvalue weighted by atomic mass is 16.4. The number of aliphatic carboxylic acids is 1. The van der Waals surface area contributed by atoms with Gasteiger partial charge < -0.3 is 15.7 Å². The van der Waals surface area contributed by atoms with E-state index in [0.717, 1.165) is 0 Å². The van der Waals surface area contributed by atoms with Gasteiger partial charge in [0.1, 0.15) is 5.54 Å². The molecular weight excluding hydrogens is 252 g/mol. The average molecular weight is 270 g/mol. The van der Waals surface area contributed by atoms with Crippen molar-refractivity contribution in [3.8, 4) is 0 Å². The Morgan fingerprint density at radius 1 is 1.53 bits per heavy atom. The fourth-order valence-electron chi connectivity index (χ4n) is 1.62. The largest absolute Gasteiger partial charge is 0.480 e. The van der Waals surface area contributed by atoms with Crippen LogP contribution in [0, 0.1) is 0 Å². The summed E-state index contributed by atoms with van der Waals surface area (Å²) >= 11 is 0. The topological polar surface area (TPSA) is 133 Å². The normalized spacial score (nSPS) is 15.3. The van der Waals surface area contributed by atoms with E-state index in [9.17, 15) is 9.59 Å². The number of nitrogens with zero attached hydrogens (tertiary/aromatic N) is 3. The molecule has 0 aliphatic heterocycles. The number of urea groups is 1. The number of aromatic amines is 1. The molecule has 0 saturated heterocycles. The van der Waals surface area contributed by atoms with Gasteiger partial charge in [0, 0.05) is 0 Å². The van der Waals surface area contributed by atoms with Gasteiger partial charge in [0.05, 0.1) is 6.04 Å². The third kappa shape index (κ3) is 3.90. The van der Waals surface area contributed by atoms with Gasteiger partial charge in [-0.05, 0) is 20.3 Å². The summed E-state index contributed by atoms with van der Waals surface area (Å²) in [6.07, 6.45) is 0.982. The van der Waals surface area contributed by atoms with Crippen LogP contribution in [0.1, 0.15) is 45.5 Å². The summed E-state index contributed by atoms with van der Waals surface area (Å²) in [7, 11) is 0. The number of tetrazole rings is 1. The molecule has 1 aromatic rings. The van der Waals surface area contributed by atoms with E-state index in [1.165, 1.54) is 6.92 Å². The van der Waals surface area contributed by atoms with Gasteiger partial charge in [-0.2, -0.15) is 5.21 Å². The Balaban J connectivity index is 2.61. The van der Waals surface area contributed by atoms with Crippen molar-refractivity contribution >= 4 is 12.0 Å². The van der Waals surface area contributed by atoms with Crippen LogP contribution >= 0.6 is 0 Å². The molecule has 4 N–H and O–H groups in total. The Kier molecular flexibility index (Phi) is 4.79. The molecule has 0 bridgehead atoms.